The fourth-order valence-corrected chi connectivity index (χ4v) is 7.00. The zero-order valence-electron chi connectivity index (χ0n) is 28.0. The summed E-state index contributed by atoms with van der Waals surface area (Å²) in [4.78, 5) is 25.5. The van der Waals surface area contributed by atoms with Crippen LogP contribution in [0.25, 0.3) is 21.9 Å². The minimum atomic E-state index is -0.554. The van der Waals surface area contributed by atoms with Gasteiger partial charge >= 0.3 is 0 Å². The fraction of sp³-hybridized carbons (Fsp3) is 0.316. The van der Waals surface area contributed by atoms with Crippen molar-refractivity contribution in [2.75, 3.05) is 25.0 Å². The number of pyridine rings is 1. The third-order valence-electron chi connectivity index (χ3n) is 9.86. The van der Waals surface area contributed by atoms with Crippen LogP contribution < -0.4 is 10.1 Å². The highest BCUT2D eigenvalue weighted by atomic mass is 35.5. The normalized spacial score (nSPS) is 16.8. The first-order valence-electron chi connectivity index (χ1n) is 17.1. The maximum Gasteiger partial charge on any atom is 0.255 e. The van der Waals surface area contributed by atoms with E-state index in [1.54, 1.807) is 36.4 Å². The molecule has 3 aromatic carbocycles. The molecule has 2 aliphatic heterocycles. The van der Waals surface area contributed by atoms with Gasteiger partial charge in [-0.25, -0.2) is 18.7 Å². The predicted octanol–water partition coefficient (Wildman–Crippen LogP) is 7.55. The van der Waals surface area contributed by atoms with Crippen LogP contribution in [-0.2, 0) is 24.4 Å². The summed E-state index contributed by atoms with van der Waals surface area (Å²) in [6, 6.07) is 18.6. The Labute approximate surface area is 297 Å². The number of likely N-dealkylation sites (tertiary alicyclic amines) is 1. The summed E-state index contributed by atoms with van der Waals surface area (Å²) in [6.07, 6.45) is 2.94. The van der Waals surface area contributed by atoms with Crippen LogP contribution in [0.2, 0.25) is 5.02 Å². The maximum absolute atomic E-state index is 14.8. The molecule has 1 atom stereocenters. The molecule has 10 nitrogen and oxygen atoms in total. The average Bonchev–Trinajstić information content (AvgIpc) is 3.64. The van der Waals surface area contributed by atoms with E-state index in [4.69, 9.17) is 31.0 Å². The second kappa shape index (κ2) is 14.0. The van der Waals surface area contributed by atoms with E-state index in [2.05, 4.69) is 25.0 Å². The topological polar surface area (TPSA) is 110 Å². The van der Waals surface area contributed by atoms with Gasteiger partial charge in [-0.3, -0.25) is 14.8 Å². The predicted molar refractivity (Wildman–Crippen MR) is 190 cm³/mol. The van der Waals surface area contributed by atoms with Crippen LogP contribution >= 0.6 is 11.6 Å². The minimum absolute atomic E-state index is 0.0670. The molecule has 0 radical (unpaired) electrons. The summed E-state index contributed by atoms with van der Waals surface area (Å²) < 4.78 is 42.9. The maximum atomic E-state index is 14.8. The third-order valence-corrected chi connectivity index (χ3v) is 10.1. The van der Waals surface area contributed by atoms with Crippen molar-refractivity contribution < 1.29 is 23.0 Å². The van der Waals surface area contributed by atoms with Gasteiger partial charge in [-0.2, -0.15) is 5.10 Å². The molecule has 3 aromatic heterocycles. The highest BCUT2D eigenvalue weighted by molar-refractivity contribution is 6.30. The molecule has 0 aliphatic carbocycles. The quantitative estimate of drug-likeness (QED) is 0.151. The number of rotatable bonds is 10. The van der Waals surface area contributed by atoms with E-state index in [1.165, 1.54) is 12.1 Å². The number of carbonyl (C=O) groups is 1. The number of ether oxygens (including phenoxy) is 2. The number of H-pyrrole nitrogens is 1. The van der Waals surface area contributed by atoms with Gasteiger partial charge in [-0.05, 0) is 81.7 Å². The number of hydrogen-bond acceptors (Lipinski definition) is 7. The van der Waals surface area contributed by atoms with Crippen LogP contribution in [0.1, 0.15) is 58.3 Å². The number of carbonyl (C=O) groups excluding carboxylic acids is 1. The van der Waals surface area contributed by atoms with Crippen molar-refractivity contribution in [3.63, 3.8) is 0 Å². The largest absolute Gasteiger partial charge is 0.473 e. The van der Waals surface area contributed by atoms with E-state index >= 15 is 0 Å². The number of hydrogen-bond donors (Lipinski definition) is 2. The zero-order chi connectivity index (χ0) is 35.1. The van der Waals surface area contributed by atoms with Gasteiger partial charge in [0.25, 0.3) is 5.91 Å². The first kappa shape index (κ1) is 33.2. The Kier molecular flexibility index (Phi) is 9.13. The fourth-order valence-electron chi connectivity index (χ4n) is 6.84. The van der Waals surface area contributed by atoms with Gasteiger partial charge in [0.05, 0.1) is 41.4 Å². The lowest BCUT2D eigenvalue weighted by atomic mass is 9.93. The zero-order valence-corrected chi connectivity index (χ0v) is 28.7. The van der Waals surface area contributed by atoms with Crippen LogP contribution in [0.15, 0.2) is 66.7 Å². The van der Waals surface area contributed by atoms with Crippen molar-refractivity contribution in [2.45, 2.75) is 57.9 Å². The van der Waals surface area contributed by atoms with Gasteiger partial charge in [-0.15, -0.1) is 0 Å². The Morgan fingerprint density at radius 3 is 2.65 bits per heavy atom. The van der Waals surface area contributed by atoms with Gasteiger partial charge in [-0.1, -0.05) is 23.7 Å². The molecule has 2 saturated heterocycles. The van der Waals surface area contributed by atoms with Gasteiger partial charge in [0.1, 0.15) is 24.1 Å². The van der Waals surface area contributed by atoms with Crippen LogP contribution in [0, 0.1) is 18.6 Å². The lowest BCUT2D eigenvalue weighted by molar-refractivity contribution is -0.0592. The Balaban J connectivity index is 0.947. The summed E-state index contributed by atoms with van der Waals surface area (Å²) in [5, 5.41) is 10.8. The number of aryl methyl sites for hydroxylation is 1. The molecular formula is C38H36ClF2N7O3. The van der Waals surface area contributed by atoms with Crippen LogP contribution in [0.4, 0.5) is 14.5 Å². The summed E-state index contributed by atoms with van der Waals surface area (Å²) in [5.74, 6) is 0.259. The van der Waals surface area contributed by atoms with E-state index in [-0.39, 0.29) is 24.3 Å². The number of aromatic nitrogens is 5. The van der Waals surface area contributed by atoms with Crippen molar-refractivity contribution in [3.05, 3.63) is 112 Å². The van der Waals surface area contributed by atoms with E-state index < -0.39 is 17.5 Å². The second-order valence-electron chi connectivity index (χ2n) is 13.3. The molecule has 262 valence electrons. The number of amides is 1. The van der Waals surface area contributed by atoms with Crippen LogP contribution in [-0.4, -0.2) is 61.3 Å². The van der Waals surface area contributed by atoms with Gasteiger partial charge < -0.3 is 19.4 Å². The van der Waals surface area contributed by atoms with Crippen LogP contribution in [0.3, 0.4) is 0 Å². The highest BCUT2D eigenvalue weighted by Gasteiger charge is 2.26. The van der Waals surface area contributed by atoms with Crippen LogP contribution in [0.5, 0.6) is 5.88 Å². The summed E-state index contributed by atoms with van der Waals surface area (Å²) in [7, 11) is 0. The van der Waals surface area contributed by atoms with Crippen molar-refractivity contribution >= 4 is 45.1 Å². The van der Waals surface area contributed by atoms with Gasteiger partial charge in [0.15, 0.2) is 0 Å². The number of nitrogens with one attached hydrogen (secondary N) is 2. The van der Waals surface area contributed by atoms with E-state index in [9.17, 15) is 13.6 Å². The summed E-state index contributed by atoms with van der Waals surface area (Å²) in [5.41, 5.74) is 4.78. The van der Waals surface area contributed by atoms with E-state index in [0.29, 0.717) is 46.2 Å². The van der Waals surface area contributed by atoms with Crippen molar-refractivity contribution in [2.24, 2.45) is 0 Å². The smallest absolute Gasteiger partial charge is 0.255 e. The lowest BCUT2D eigenvalue weighted by Gasteiger charge is -2.32. The Bertz CT molecular complexity index is 2240. The molecule has 8 rings (SSSR count). The molecule has 2 N–H and O–H groups in total. The number of benzene rings is 3. The van der Waals surface area contributed by atoms with Gasteiger partial charge in [0, 0.05) is 57.6 Å². The summed E-state index contributed by atoms with van der Waals surface area (Å²) in [6.45, 7) is 5.71. The number of halogens is 3. The molecule has 5 heterocycles. The Morgan fingerprint density at radius 1 is 1.02 bits per heavy atom. The molecule has 0 saturated carbocycles. The number of imidazole rings is 1. The van der Waals surface area contributed by atoms with Crippen molar-refractivity contribution in [1.29, 1.82) is 0 Å². The minimum Gasteiger partial charge on any atom is -0.473 e. The molecule has 2 fully saturated rings. The van der Waals surface area contributed by atoms with E-state index in [1.807, 2.05) is 25.1 Å². The number of nitrogens with zero attached hydrogens (tertiary/aromatic N) is 5. The first-order valence-corrected chi connectivity index (χ1v) is 17.5. The first-order chi connectivity index (χ1) is 24.8. The second-order valence-corrected chi connectivity index (χ2v) is 13.7. The molecule has 51 heavy (non-hydrogen) atoms. The van der Waals surface area contributed by atoms with E-state index in [0.717, 1.165) is 67.1 Å². The van der Waals surface area contributed by atoms with Gasteiger partial charge in [0.2, 0.25) is 5.88 Å². The number of anilines is 1. The standard InChI is InChI=1S/C38H36ClF2N7O3/c1-22-28-17-33(30(41)18-32(28)46-45-22)44-38(49)24-6-8-35-34(15-24)42-36(48(35)19-27-11-14-50-27)20-47-12-9-23(10-13-47)31-3-2-4-37(43-31)51-21-25-5-7-26(39)16-29(25)40/h2-8,15-18,23,27H,9-14,19-21H2,1H3,(H,44,49)(H,45,46)/t27-/m0/s1. The molecule has 0 spiro atoms. The number of aromatic amines is 1. The van der Waals surface area contributed by atoms with Crippen molar-refractivity contribution in [3.8, 4) is 5.88 Å². The number of fused-ring (bicyclic) bond motifs is 2. The highest BCUT2D eigenvalue weighted by Crippen LogP contribution is 2.31. The monoisotopic (exact) mass is 711 g/mol. The molecular weight excluding hydrogens is 676 g/mol. The molecule has 2 aliphatic rings. The SMILES string of the molecule is Cc1[nH]nc2cc(F)c(NC(=O)c3ccc4c(c3)nc(CN3CCC(c5cccc(OCc6ccc(Cl)cc6F)n5)CC3)n4C[C@@H]3CCO3)cc12. The molecule has 1 amide bonds. The molecule has 6 aromatic rings. The third kappa shape index (κ3) is 7.03. The Morgan fingerprint density at radius 2 is 1.86 bits per heavy atom. The lowest BCUT2D eigenvalue weighted by Crippen LogP contribution is -2.35. The Hall–Kier alpha value is -4.91. The molecule has 0 bridgehead atoms. The van der Waals surface area contributed by atoms with Crippen molar-refractivity contribution in [1.82, 2.24) is 29.6 Å². The molecule has 13 heteroatoms. The number of piperidine rings is 1. The average molecular weight is 712 g/mol. The summed E-state index contributed by atoms with van der Waals surface area (Å²) >= 11 is 5.88. The molecule has 0 unspecified atom stereocenters.